The number of hydrogen-bond donors (Lipinski definition) is 0. The molecule has 8 nitrogen and oxygen atoms in total. The van der Waals surface area contributed by atoms with Gasteiger partial charge in [-0.25, -0.2) is 4.79 Å². The minimum atomic E-state index is -0.923. The fraction of sp³-hybridized carbons (Fsp3) is 0.211. The highest BCUT2D eigenvalue weighted by Gasteiger charge is 2.24. The minimum Gasteiger partial charge on any atom is -0.497 e. The topological polar surface area (TPSA) is 79.2 Å². The Labute approximate surface area is 277 Å². The van der Waals surface area contributed by atoms with E-state index in [4.69, 9.17) is 18.9 Å². The van der Waals surface area contributed by atoms with Gasteiger partial charge in [-0.1, -0.05) is 60.7 Å². The molecule has 0 fully saturated rings. The normalized spacial score (nSPS) is 11.3. The highest BCUT2D eigenvalue weighted by Crippen LogP contribution is 2.40. The van der Waals surface area contributed by atoms with Crippen molar-refractivity contribution in [2.45, 2.75) is 26.6 Å². The van der Waals surface area contributed by atoms with Gasteiger partial charge in [0.2, 0.25) is 5.43 Å². The second kappa shape index (κ2) is 14.1. The van der Waals surface area contributed by atoms with Crippen LogP contribution in [0.5, 0.6) is 17.2 Å². The van der Waals surface area contributed by atoms with Crippen molar-refractivity contribution in [3.05, 3.63) is 124 Å². The quantitative estimate of drug-likeness (QED) is 0.131. The molecule has 0 N–H and O–H groups in total. The summed E-state index contributed by atoms with van der Waals surface area (Å²) in [5, 5.41) is 2.87. The summed E-state index contributed by atoms with van der Waals surface area (Å²) in [5.74, 6) is 1.36. The third kappa shape index (κ3) is 6.72. The molecule has 0 unspecified atom stereocenters. The second-order valence-corrected chi connectivity index (χ2v) is 12.2. The molecule has 0 aliphatic rings. The number of benzene rings is 4. The Balaban J connectivity index is 1.52. The van der Waals surface area contributed by atoms with E-state index >= 15 is 0 Å². The Morgan fingerprint density at radius 1 is 0.830 bits per heavy atom. The first kappa shape index (κ1) is 31.8. The molecular formula is C38H36N2O6S. The maximum atomic E-state index is 14.3. The number of carbonyl (C=O) groups excluding carboxylic acids is 1. The molecular weight excluding hydrogens is 612 g/mol. The van der Waals surface area contributed by atoms with Crippen LogP contribution < -0.4 is 19.6 Å². The molecule has 6 aromatic rings. The molecule has 2 aromatic heterocycles. The van der Waals surface area contributed by atoms with E-state index in [0.717, 1.165) is 32.1 Å². The molecule has 0 atom stereocenters. The number of para-hydroxylation sites is 1. The predicted octanol–water partition coefficient (Wildman–Crippen LogP) is 8.12. The Hall–Kier alpha value is -5.12. The van der Waals surface area contributed by atoms with Crippen LogP contribution in [0.3, 0.4) is 0 Å². The van der Waals surface area contributed by atoms with Crippen LogP contribution in [0.4, 0.5) is 4.79 Å². The van der Waals surface area contributed by atoms with Crippen LogP contribution in [0, 0.1) is 0 Å². The molecule has 4 aromatic carbocycles. The van der Waals surface area contributed by atoms with Crippen LogP contribution in [0.25, 0.3) is 31.4 Å². The number of pyridine rings is 1. The highest BCUT2D eigenvalue weighted by atomic mass is 32.1. The fourth-order valence-corrected chi connectivity index (χ4v) is 7.18. The lowest BCUT2D eigenvalue weighted by Gasteiger charge is -2.19. The van der Waals surface area contributed by atoms with Gasteiger partial charge in [0.05, 0.1) is 39.0 Å². The van der Waals surface area contributed by atoms with Gasteiger partial charge in [-0.05, 0) is 71.8 Å². The van der Waals surface area contributed by atoms with Crippen molar-refractivity contribution in [2.24, 2.45) is 0 Å². The lowest BCUT2D eigenvalue weighted by Crippen LogP contribution is -2.21. The maximum Gasteiger partial charge on any atom is 0.514 e. The van der Waals surface area contributed by atoms with E-state index < -0.39 is 6.16 Å². The summed E-state index contributed by atoms with van der Waals surface area (Å²) in [5.41, 5.74) is 3.55. The zero-order valence-corrected chi connectivity index (χ0v) is 27.6. The molecule has 0 saturated heterocycles. The number of rotatable bonds is 11. The summed E-state index contributed by atoms with van der Waals surface area (Å²) >= 11 is 1.54. The minimum absolute atomic E-state index is 0.0946. The summed E-state index contributed by atoms with van der Waals surface area (Å²) in [6.45, 7) is 3.33. The molecule has 0 amide bonds. The standard InChI is InChI=1S/C38H36N2O6S/c1-5-45-38(42)46-33-24-40(22-28-12-7-9-16-32(28)44-4)37-34(35(33)41)31(36(47-37)26-17-19-29(43-3)20-18-26)23-39(2)21-27-14-10-13-25-11-6-8-15-30(25)27/h6-20,24H,5,21-23H2,1-4H3. The number of ether oxygens (including phenoxy) is 4. The van der Waals surface area contributed by atoms with Gasteiger partial charge in [0.25, 0.3) is 0 Å². The number of nitrogens with zero attached hydrogens (tertiary/aromatic N) is 2. The monoisotopic (exact) mass is 648 g/mol. The van der Waals surface area contributed by atoms with Crippen molar-refractivity contribution in [3.8, 4) is 27.7 Å². The van der Waals surface area contributed by atoms with Gasteiger partial charge in [-0.2, -0.15) is 0 Å². The molecule has 0 radical (unpaired) electrons. The lowest BCUT2D eigenvalue weighted by atomic mass is 10.0. The van der Waals surface area contributed by atoms with Crippen molar-refractivity contribution in [1.29, 1.82) is 0 Å². The maximum absolute atomic E-state index is 14.3. The van der Waals surface area contributed by atoms with E-state index in [0.29, 0.717) is 30.8 Å². The van der Waals surface area contributed by atoms with E-state index in [-0.39, 0.29) is 17.8 Å². The number of hydrogen-bond acceptors (Lipinski definition) is 8. The second-order valence-electron chi connectivity index (χ2n) is 11.2. The molecule has 0 spiro atoms. The third-order valence-electron chi connectivity index (χ3n) is 8.06. The Bertz CT molecular complexity index is 2100. The zero-order chi connectivity index (χ0) is 32.9. The van der Waals surface area contributed by atoms with Crippen molar-refractivity contribution in [1.82, 2.24) is 9.47 Å². The number of carbonyl (C=O) groups is 1. The third-order valence-corrected chi connectivity index (χ3v) is 9.38. The molecule has 0 saturated carbocycles. The van der Waals surface area contributed by atoms with Gasteiger partial charge in [0.1, 0.15) is 16.3 Å². The van der Waals surface area contributed by atoms with Gasteiger partial charge in [-0.15, -0.1) is 11.3 Å². The van der Waals surface area contributed by atoms with Gasteiger partial charge in [0.15, 0.2) is 5.75 Å². The van der Waals surface area contributed by atoms with Gasteiger partial charge in [-0.3, -0.25) is 9.69 Å². The average molecular weight is 649 g/mol. The van der Waals surface area contributed by atoms with Crippen molar-refractivity contribution in [3.63, 3.8) is 0 Å². The van der Waals surface area contributed by atoms with Crippen molar-refractivity contribution in [2.75, 3.05) is 27.9 Å². The SMILES string of the molecule is CCOC(=O)Oc1cn(Cc2ccccc2OC)c2sc(-c3ccc(OC)cc3)c(CN(C)Cc3cccc4ccccc34)c2c1=O. The summed E-state index contributed by atoms with van der Waals surface area (Å²) < 4.78 is 23.6. The zero-order valence-electron chi connectivity index (χ0n) is 26.8. The Morgan fingerprint density at radius 2 is 1.55 bits per heavy atom. The van der Waals surface area contributed by atoms with E-state index in [9.17, 15) is 9.59 Å². The van der Waals surface area contributed by atoms with Gasteiger partial charge >= 0.3 is 6.16 Å². The number of thiophene rings is 1. The number of methoxy groups -OCH3 is 2. The van der Waals surface area contributed by atoms with Crippen LogP contribution >= 0.6 is 11.3 Å². The van der Waals surface area contributed by atoms with E-state index in [2.05, 4.69) is 48.3 Å². The average Bonchev–Trinajstić information content (AvgIpc) is 3.46. The van der Waals surface area contributed by atoms with E-state index in [1.54, 1.807) is 27.3 Å². The highest BCUT2D eigenvalue weighted by molar-refractivity contribution is 7.22. The number of fused-ring (bicyclic) bond motifs is 2. The lowest BCUT2D eigenvalue weighted by molar-refractivity contribution is 0.104. The van der Waals surface area contributed by atoms with E-state index in [1.807, 2.05) is 59.2 Å². The molecule has 47 heavy (non-hydrogen) atoms. The fourth-order valence-electron chi connectivity index (χ4n) is 5.89. The summed E-state index contributed by atoms with van der Waals surface area (Å²) in [7, 11) is 5.32. The Morgan fingerprint density at radius 3 is 2.32 bits per heavy atom. The smallest absolute Gasteiger partial charge is 0.497 e. The van der Waals surface area contributed by atoms with Crippen molar-refractivity contribution < 1.29 is 23.7 Å². The summed E-state index contributed by atoms with van der Waals surface area (Å²) in [6.07, 6.45) is 0.666. The molecule has 6 rings (SSSR count). The summed E-state index contributed by atoms with van der Waals surface area (Å²) in [4.78, 5) is 30.7. The van der Waals surface area contributed by atoms with Crippen LogP contribution in [0.15, 0.2) is 102 Å². The first-order valence-corrected chi connectivity index (χ1v) is 16.2. The van der Waals surface area contributed by atoms with Crippen LogP contribution in [0.2, 0.25) is 0 Å². The largest absolute Gasteiger partial charge is 0.514 e. The molecule has 2 heterocycles. The first-order chi connectivity index (χ1) is 22.9. The van der Waals surface area contributed by atoms with E-state index in [1.165, 1.54) is 27.7 Å². The molecule has 240 valence electrons. The molecule has 0 bridgehead atoms. The molecule has 0 aliphatic carbocycles. The van der Waals surface area contributed by atoms with Gasteiger partial charge < -0.3 is 23.5 Å². The van der Waals surface area contributed by atoms with Gasteiger partial charge in [0, 0.05) is 23.5 Å². The molecule has 9 heteroatoms. The number of aromatic nitrogens is 1. The van der Waals surface area contributed by atoms with Crippen molar-refractivity contribution >= 4 is 38.5 Å². The first-order valence-electron chi connectivity index (χ1n) is 15.3. The summed E-state index contributed by atoms with van der Waals surface area (Å²) in [6, 6.07) is 30.2. The van der Waals surface area contributed by atoms with Crippen LogP contribution in [0.1, 0.15) is 23.6 Å². The predicted molar refractivity (Wildman–Crippen MR) is 187 cm³/mol. The van der Waals surface area contributed by atoms with Crippen LogP contribution in [-0.4, -0.2) is 43.5 Å². The molecule has 0 aliphatic heterocycles. The van der Waals surface area contributed by atoms with Crippen LogP contribution in [-0.2, 0) is 24.4 Å². The Kier molecular flexibility index (Phi) is 9.56.